The van der Waals surface area contributed by atoms with Gasteiger partial charge in [-0.2, -0.15) is 0 Å². The predicted molar refractivity (Wildman–Crippen MR) is 146 cm³/mol. The SMILES string of the molecule is CN(C)c1ccc2c(c1)c(C1=C(c3c[nH]c4ccccc34)C(=O)NC1=O)cn2CCCNC(N)=N[N+](=O)[O-]. The van der Waals surface area contributed by atoms with Gasteiger partial charge in [0.25, 0.3) is 17.8 Å². The van der Waals surface area contributed by atoms with Crippen LogP contribution in [0.25, 0.3) is 33.0 Å². The second-order valence-corrected chi connectivity index (χ2v) is 9.12. The molecule has 0 unspecified atom stereocenters. The van der Waals surface area contributed by atoms with Gasteiger partial charge in [-0.3, -0.25) is 14.9 Å². The summed E-state index contributed by atoms with van der Waals surface area (Å²) >= 11 is 0. The number of carbonyl (C=O) groups excluding carboxylic acids is 2. The van der Waals surface area contributed by atoms with E-state index in [-0.39, 0.29) is 5.96 Å². The molecule has 1 aliphatic heterocycles. The summed E-state index contributed by atoms with van der Waals surface area (Å²) in [5.41, 5.74) is 10.2. The number of aromatic amines is 1. The highest BCUT2D eigenvalue weighted by molar-refractivity contribution is 6.50. The highest BCUT2D eigenvalue weighted by atomic mass is 16.7. The average Bonchev–Trinajstić information content (AvgIpc) is 3.53. The van der Waals surface area contributed by atoms with Crippen molar-refractivity contribution in [2.75, 3.05) is 25.5 Å². The summed E-state index contributed by atoms with van der Waals surface area (Å²) in [6.07, 6.45) is 4.21. The number of hydrazone groups is 1. The summed E-state index contributed by atoms with van der Waals surface area (Å²) in [6.45, 7) is 0.887. The number of nitrogens with one attached hydrogen (secondary N) is 3. The van der Waals surface area contributed by atoms with Gasteiger partial charge in [-0.05, 0) is 30.7 Å². The van der Waals surface area contributed by atoms with Gasteiger partial charge < -0.3 is 25.5 Å². The standard InChI is InChI=1S/C26H26N8O4/c1-32(2)15-8-9-21-17(12-15)19(14-33(21)11-5-10-28-26(27)31-34(37)38)23-22(24(35)30-25(23)36)18-13-29-20-7-4-3-6-16(18)20/h3-4,6-9,12-14,29H,5,10-11H2,1-2H3,(H3,27,28,31)(H,30,35,36). The number of imide groups is 1. The fourth-order valence-electron chi connectivity index (χ4n) is 4.78. The van der Waals surface area contributed by atoms with Gasteiger partial charge in [0.1, 0.15) is 5.10 Å². The molecule has 38 heavy (non-hydrogen) atoms. The lowest BCUT2D eigenvalue weighted by Gasteiger charge is -2.13. The average molecular weight is 515 g/mol. The maximum absolute atomic E-state index is 13.2. The molecule has 0 saturated heterocycles. The van der Waals surface area contributed by atoms with E-state index in [1.165, 1.54) is 0 Å². The van der Waals surface area contributed by atoms with Crippen LogP contribution in [0, 0.1) is 10.1 Å². The maximum Gasteiger partial charge on any atom is 0.266 e. The highest BCUT2D eigenvalue weighted by Gasteiger charge is 2.35. The lowest BCUT2D eigenvalue weighted by molar-refractivity contribution is -0.485. The van der Waals surface area contributed by atoms with Crippen LogP contribution < -0.4 is 21.3 Å². The molecule has 0 aliphatic carbocycles. The molecule has 194 valence electrons. The molecule has 2 amide bonds. The second-order valence-electron chi connectivity index (χ2n) is 9.12. The quantitative estimate of drug-likeness (QED) is 0.0699. The number of hydrogen-bond acceptors (Lipinski definition) is 5. The van der Waals surface area contributed by atoms with Crippen molar-refractivity contribution in [2.24, 2.45) is 10.8 Å². The van der Waals surface area contributed by atoms with Crippen LogP contribution >= 0.6 is 0 Å². The number of fused-ring (bicyclic) bond motifs is 2. The van der Waals surface area contributed by atoms with Gasteiger partial charge in [0, 0.05) is 78.2 Å². The minimum atomic E-state index is -0.858. The number of guanidine groups is 1. The third-order valence-electron chi connectivity index (χ3n) is 6.51. The van der Waals surface area contributed by atoms with Crippen molar-refractivity contribution in [3.05, 3.63) is 76.1 Å². The van der Waals surface area contributed by atoms with Crippen molar-refractivity contribution in [2.45, 2.75) is 13.0 Å². The number of nitro groups is 1. The molecule has 0 saturated carbocycles. The van der Waals surface area contributed by atoms with E-state index in [1.807, 2.05) is 72.2 Å². The molecule has 12 nitrogen and oxygen atoms in total. The molecule has 1 aliphatic rings. The van der Waals surface area contributed by atoms with Crippen LogP contribution in [0.4, 0.5) is 5.69 Å². The summed E-state index contributed by atoms with van der Waals surface area (Å²) in [7, 11) is 3.87. The Bertz CT molecular complexity index is 1660. The lowest BCUT2D eigenvalue weighted by atomic mass is 9.95. The lowest BCUT2D eigenvalue weighted by Crippen LogP contribution is -2.33. The molecule has 0 spiro atoms. The number of benzene rings is 2. The Labute approximate surface area is 216 Å². The van der Waals surface area contributed by atoms with Crippen LogP contribution in [0.15, 0.2) is 60.0 Å². The molecule has 2 aromatic heterocycles. The van der Waals surface area contributed by atoms with E-state index in [0.29, 0.717) is 41.8 Å². The number of H-pyrrole nitrogens is 1. The zero-order chi connectivity index (χ0) is 27.0. The first kappa shape index (κ1) is 24.6. The molecule has 3 heterocycles. The zero-order valence-corrected chi connectivity index (χ0v) is 20.8. The number of anilines is 1. The van der Waals surface area contributed by atoms with E-state index >= 15 is 0 Å². The summed E-state index contributed by atoms with van der Waals surface area (Å²) in [6, 6.07) is 13.6. The Kier molecular flexibility index (Phi) is 6.29. The van der Waals surface area contributed by atoms with Crippen LogP contribution in [0.2, 0.25) is 0 Å². The van der Waals surface area contributed by atoms with Gasteiger partial charge in [-0.1, -0.05) is 18.2 Å². The van der Waals surface area contributed by atoms with Gasteiger partial charge in [-0.15, -0.1) is 0 Å². The number of nitrogens with two attached hydrogens (primary N) is 1. The van der Waals surface area contributed by atoms with Gasteiger partial charge in [0.2, 0.25) is 0 Å². The van der Waals surface area contributed by atoms with Gasteiger partial charge in [0.05, 0.1) is 11.1 Å². The molecule has 4 aromatic rings. The summed E-state index contributed by atoms with van der Waals surface area (Å²) in [5.74, 6) is -1.16. The second kappa shape index (κ2) is 9.73. The molecular weight excluding hydrogens is 488 g/mol. The van der Waals surface area contributed by atoms with E-state index in [0.717, 1.165) is 27.5 Å². The monoisotopic (exact) mass is 514 g/mol. The zero-order valence-electron chi connectivity index (χ0n) is 20.8. The number of hydrogen-bond donors (Lipinski definition) is 4. The first-order valence-corrected chi connectivity index (χ1v) is 11.9. The number of para-hydroxylation sites is 1. The molecule has 0 fully saturated rings. The van der Waals surface area contributed by atoms with Gasteiger partial charge in [0.15, 0.2) is 5.03 Å². The smallest absolute Gasteiger partial charge is 0.266 e. The molecule has 0 radical (unpaired) electrons. The number of nitrogens with zero attached hydrogens (tertiary/aromatic N) is 4. The molecular formula is C26H26N8O4. The van der Waals surface area contributed by atoms with Crippen molar-refractivity contribution >= 4 is 56.4 Å². The molecule has 12 heteroatoms. The number of amides is 2. The summed E-state index contributed by atoms with van der Waals surface area (Å²) in [5, 5.41) is 19.5. The fraction of sp³-hybridized carbons (Fsp3) is 0.192. The third-order valence-corrected chi connectivity index (χ3v) is 6.51. The van der Waals surface area contributed by atoms with Crippen molar-refractivity contribution in [3.63, 3.8) is 0 Å². The molecule has 0 bridgehead atoms. The van der Waals surface area contributed by atoms with Gasteiger partial charge in [-0.25, -0.2) is 10.1 Å². The Morgan fingerprint density at radius 1 is 1.11 bits per heavy atom. The highest BCUT2D eigenvalue weighted by Crippen LogP contribution is 2.39. The van der Waals surface area contributed by atoms with Crippen molar-refractivity contribution in [1.82, 2.24) is 20.2 Å². The predicted octanol–water partition coefficient (Wildman–Crippen LogP) is 2.24. The Balaban J connectivity index is 1.60. The number of aromatic nitrogens is 2. The van der Waals surface area contributed by atoms with Crippen LogP contribution in [0.3, 0.4) is 0 Å². The largest absolute Gasteiger partial charge is 0.378 e. The van der Waals surface area contributed by atoms with E-state index < -0.39 is 16.8 Å². The number of rotatable bonds is 8. The summed E-state index contributed by atoms with van der Waals surface area (Å²) < 4.78 is 2.00. The first-order chi connectivity index (χ1) is 18.2. The summed E-state index contributed by atoms with van der Waals surface area (Å²) in [4.78, 5) is 41.9. The Morgan fingerprint density at radius 2 is 1.84 bits per heavy atom. The molecule has 5 N–H and O–H groups in total. The first-order valence-electron chi connectivity index (χ1n) is 11.9. The molecule has 2 aromatic carbocycles. The van der Waals surface area contributed by atoms with E-state index in [9.17, 15) is 19.7 Å². The van der Waals surface area contributed by atoms with Crippen LogP contribution in [-0.2, 0) is 16.1 Å². The van der Waals surface area contributed by atoms with E-state index in [2.05, 4.69) is 20.7 Å². The van der Waals surface area contributed by atoms with Gasteiger partial charge >= 0.3 is 0 Å². The molecule has 0 atom stereocenters. The van der Waals surface area contributed by atoms with Crippen molar-refractivity contribution in [3.8, 4) is 0 Å². The van der Waals surface area contributed by atoms with E-state index in [4.69, 9.17) is 5.73 Å². The Morgan fingerprint density at radius 3 is 2.58 bits per heavy atom. The van der Waals surface area contributed by atoms with Crippen molar-refractivity contribution < 1.29 is 14.6 Å². The third kappa shape index (κ3) is 4.43. The maximum atomic E-state index is 13.2. The van der Waals surface area contributed by atoms with Crippen LogP contribution in [-0.4, -0.2) is 53.0 Å². The minimum absolute atomic E-state index is 0.265. The Hall–Kier alpha value is -5.13. The fourth-order valence-corrected chi connectivity index (χ4v) is 4.78. The topological polar surface area (TPSA) is 164 Å². The number of aryl methyl sites for hydroxylation is 1. The molecule has 5 rings (SSSR count). The minimum Gasteiger partial charge on any atom is -0.378 e. The van der Waals surface area contributed by atoms with Crippen LogP contribution in [0.5, 0.6) is 0 Å². The van der Waals surface area contributed by atoms with Crippen molar-refractivity contribution in [1.29, 1.82) is 0 Å². The van der Waals surface area contributed by atoms with Crippen LogP contribution in [0.1, 0.15) is 17.5 Å². The number of carbonyl (C=O) groups is 2. The normalized spacial score (nSPS) is 14.0. The van der Waals surface area contributed by atoms with E-state index in [1.54, 1.807) is 6.20 Å².